The second-order valence-corrected chi connectivity index (χ2v) is 9.45. The van der Waals surface area contributed by atoms with Gasteiger partial charge in [-0.2, -0.15) is 0 Å². The molecule has 2 aliphatic rings. The number of carboxylic acid groups (broad SMARTS) is 1. The van der Waals surface area contributed by atoms with E-state index in [1.807, 2.05) is 30.3 Å². The fraction of sp³-hybridized carbons (Fsp3) is 0.519. The largest absolute Gasteiger partial charge is 0.480 e. The molecular weight excluding hydrogens is 444 g/mol. The van der Waals surface area contributed by atoms with Gasteiger partial charge in [0.15, 0.2) is 0 Å². The number of carbonyl (C=O) groups excluding carboxylic acids is 1. The van der Waals surface area contributed by atoms with Crippen LogP contribution in [0.25, 0.3) is 0 Å². The van der Waals surface area contributed by atoms with Crippen LogP contribution in [0.15, 0.2) is 42.5 Å². The number of pyridine rings is 1. The van der Waals surface area contributed by atoms with E-state index in [1.165, 1.54) is 5.56 Å². The van der Waals surface area contributed by atoms with E-state index in [1.54, 1.807) is 0 Å². The monoisotopic (exact) mass is 480 g/mol. The number of ether oxygens (including phenoxy) is 1. The number of rotatable bonds is 13. The topological polar surface area (TPSA) is 104 Å². The summed E-state index contributed by atoms with van der Waals surface area (Å²) in [6.07, 6.45) is 7.25. The van der Waals surface area contributed by atoms with Crippen LogP contribution in [-0.2, 0) is 29.0 Å². The standard InChI is InChI=1S/C27H36N4O4/c32-26(33)24(30-27(34)35-19-20-7-2-1-3-8-20)15-18-31(23-13-14-23)17-5-4-10-22-12-11-21-9-6-16-28-25(21)29-22/h1-3,7-8,11-12,23-24H,4-6,9-10,13-19H2,(H,28,29)(H,30,34)(H,32,33). The highest BCUT2D eigenvalue weighted by atomic mass is 16.5. The maximum absolute atomic E-state index is 12.1. The summed E-state index contributed by atoms with van der Waals surface area (Å²) >= 11 is 0. The quantitative estimate of drug-likeness (QED) is 0.372. The number of alkyl carbamates (subject to hydrolysis) is 1. The fourth-order valence-electron chi connectivity index (χ4n) is 4.51. The van der Waals surface area contributed by atoms with Crippen molar-refractivity contribution in [2.75, 3.05) is 25.0 Å². The van der Waals surface area contributed by atoms with Gasteiger partial charge in [-0.15, -0.1) is 0 Å². The minimum atomic E-state index is -1.04. The third kappa shape index (κ3) is 7.96. The lowest BCUT2D eigenvalue weighted by molar-refractivity contribution is -0.139. The van der Waals surface area contributed by atoms with Crippen molar-refractivity contribution in [1.29, 1.82) is 0 Å². The molecule has 8 heteroatoms. The summed E-state index contributed by atoms with van der Waals surface area (Å²) in [7, 11) is 0. The first-order valence-electron chi connectivity index (χ1n) is 12.8. The highest BCUT2D eigenvalue weighted by Gasteiger charge is 2.30. The maximum Gasteiger partial charge on any atom is 0.408 e. The van der Waals surface area contributed by atoms with Gasteiger partial charge in [0.1, 0.15) is 18.5 Å². The van der Waals surface area contributed by atoms with Gasteiger partial charge >= 0.3 is 12.1 Å². The molecule has 0 bridgehead atoms. The smallest absolute Gasteiger partial charge is 0.408 e. The molecule has 0 saturated heterocycles. The Morgan fingerprint density at radius 1 is 1.14 bits per heavy atom. The Hall–Kier alpha value is -3.13. The number of benzene rings is 1. The number of nitrogens with one attached hydrogen (secondary N) is 2. The number of carboxylic acids is 1. The number of aliphatic carboxylic acids is 1. The van der Waals surface area contributed by atoms with Gasteiger partial charge < -0.3 is 25.4 Å². The summed E-state index contributed by atoms with van der Waals surface area (Å²) in [5.74, 6) is 0.00682. The molecule has 1 fully saturated rings. The molecule has 8 nitrogen and oxygen atoms in total. The molecule has 1 unspecified atom stereocenters. The van der Waals surface area contributed by atoms with E-state index in [0.29, 0.717) is 19.0 Å². The van der Waals surface area contributed by atoms with Gasteiger partial charge in [-0.1, -0.05) is 36.4 Å². The molecule has 1 saturated carbocycles. The molecule has 1 atom stereocenters. The zero-order valence-corrected chi connectivity index (χ0v) is 20.2. The van der Waals surface area contributed by atoms with Gasteiger partial charge in [-0.3, -0.25) is 0 Å². The average Bonchev–Trinajstić information content (AvgIpc) is 3.72. The molecule has 2 aromatic rings. The molecule has 2 heterocycles. The van der Waals surface area contributed by atoms with E-state index in [9.17, 15) is 14.7 Å². The summed E-state index contributed by atoms with van der Waals surface area (Å²) in [5.41, 5.74) is 3.29. The Balaban J connectivity index is 1.18. The molecule has 0 radical (unpaired) electrons. The van der Waals surface area contributed by atoms with Crippen molar-refractivity contribution >= 4 is 17.9 Å². The summed E-state index contributed by atoms with van der Waals surface area (Å²) in [6.45, 7) is 2.68. The predicted octanol–water partition coefficient (Wildman–Crippen LogP) is 4.00. The molecule has 1 aromatic heterocycles. The number of carbonyl (C=O) groups is 2. The molecule has 1 aliphatic carbocycles. The molecule has 0 spiro atoms. The SMILES string of the molecule is O=C(NC(CCN(CCCCc1ccc2c(n1)NCCC2)C1CC1)C(=O)O)OCc1ccccc1. The number of fused-ring (bicyclic) bond motifs is 1. The first kappa shape index (κ1) is 25.0. The number of nitrogens with zero attached hydrogens (tertiary/aromatic N) is 2. The minimum Gasteiger partial charge on any atom is -0.480 e. The van der Waals surface area contributed by atoms with Crippen molar-refractivity contribution in [3.05, 3.63) is 59.3 Å². The van der Waals surface area contributed by atoms with Gasteiger partial charge in [0, 0.05) is 24.8 Å². The Morgan fingerprint density at radius 3 is 2.74 bits per heavy atom. The molecule has 1 aromatic carbocycles. The third-order valence-electron chi connectivity index (χ3n) is 6.65. The Labute approximate surface area is 207 Å². The molecule has 35 heavy (non-hydrogen) atoms. The van der Waals surface area contributed by atoms with Crippen LogP contribution >= 0.6 is 0 Å². The van der Waals surface area contributed by atoms with Crippen LogP contribution in [-0.4, -0.2) is 58.8 Å². The van der Waals surface area contributed by atoms with E-state index < -0.39 is 18.1 Å². The Morgan fingerprint density at radius 2 is 1.97 bits per heavy atom. The first-order chi connectivity index (χ1) is 17.1. The Kier molecular flexibility index (Phi) is 8.95. The molecular formula is C27H36N4O4. The van der Waals surface area contributed by atoms with Gasteiger partial charge in [-0.05, 0) is 75.1 Å². The predicted molar refractivity (Wildman–Crippen MR) is 134 cm³/mol. The van der Waals surface area contributed by atoms with E-state index >= 15 is 0 Å². The van der Waals surface area contributed by atoms with Crippen LogP contribution in [0.3, 0.4) is 0 Å². The lowest BCUT2D eigenvalue weighted by Crippen LogP contribution is -2.43. The van der Waals surface area contributed by atoms with Crippen LogP contribution in [0.5, 0.6) is 0 Å². The maximum atomic E-state index is 12.1. The number of anilines is 1. The highest BCUT2D eigenvalue weighted by Crippen LogP contribution is 2.27. The van der Waals surface area contributed by atoms with Crippen LogP contribution in [0.1, 0.15) is 55.3 Å². The zero-order chi connectivity index (χ0) is 24.5. The van der Waals surface area contributed by atoms with Crippen molar-refractivity contribution in [2.24, 2.45) is 0 Å². The second-order valence-electron chi connectivity index (χ2n) is 9.45. The molecule has 4 rings (SSSR count). The zero-order valence-electron chi connectivity index (χ0n) is 20.2. The van der Waals surface area contributed by atoms with E-state index in [0.717, 1.165) is 75.1 Å². The summed E-state index contributed by atoms with van der Waals surface area (Å²) in [4.78, 5) is 31.0. The van der Waals surface area contributed by atoms with Crippen LogP contribution in [0, 0.1) is 0 Å². The number of aromatic nitrogens is 1. The second kappa shape index (κ2) is 12.5. The fourth-order valence-corrected chi connectivity index (χ4v) is 4.51. The first-order valence-corrected chi connectivity index (χ1v) is 12.8. The van der Waals surface area contributed by atoms with Gasteiger partial charge in [0.05, 0.1) is 0 Å². The van der Waals surface area contributed by atoms with E-state index in [-0.39, 0.29) is 6.61 Å². The third-order valence-corrected chi connectivity index (χ3v) is 6.65. The number of amides is 1. The normalized spacial score (nSPS) is 15.7. The highest BCUT2D eigenvalue weighted by molar-refractivity contribution is 5.79. The van der Waals surface area contributed by atoms with Gasteiger partial charge in [0.25, 0.3) is 0 Å². The van der Waals surface area contributed by atoms with Crippen molar-refractivity contribution in [2.45, 2.75) is 70.1 Å². The van der Waals surface area contributed by atoms with E-state index in [4.69, 9.17) is 9.72 Å². The summed E-state index contributed by atoms with van der Waals surface area (Å²) in [6, 6.07) is 13.2. The lowest BCUT2D eigenvalue weighted by Gasteiger charge is -2.24. The average molecular weight is 481 g/mol. The minimum absolute atomic E-state index is 0.113. The summed E-state index contributed by atoms with van der Waals surface area (Å²) in [5, 5.41) is 15.5. The van der Waals surface area contributed by atoms with Gasteiger partial charge in [0.2, 0.25) is 0 Å². The number of hydrogen-bond donors (Lipinski definition) is 3. The lowest BCUT2D eigenvalue weighted by atomic mass is 10.1. The molecule has 3 N–H and O–H groups in total. The van der Waals surface area contributed by atoms with E-state index in [2.05, 4.69) is 27.7 Å². The van der Waals surface area contributed by atoms with Crippen molar-refractivity contribution in [1.82, 2.24) is 15.2 Å². The molecule has 1 amide bonds. The Bertz CT molecular complexity index is 980. The number of aryl methyl sites for hydroxylation is 2. The van der Waals surface area contributed by atoms with Crippen molar-refractivity contribution in [3.8, 4) is 0 Å². The van der Waals surface area contributed by atoms with Gasteiger partial charge in [-0.25, -0.2) is 14.6 Å². The van der Waals surface area contributed by atoms with Crippen molar-refractivity contribution in [3.63, 3.8) is 0 Å². The van der Waals surface area contributed by atoms with Crippen LogP contribution in [0.4, 0.5) is 10.6 Å². The van der Waals surface area contributed by atoms with Crippen molar-refractivity contribution < 1.29 is 19.4 Å². The number of unbranched alkanes of at least 4 members (excludes halogenated alkanes) is 1. The molecule has 188 valence electrons. The summed E-state index contributed by atoms with van der Waals surface area (Å²) < 4.78 is 5.19. The molecule has 1 aliphatic heterocycles. The number of hydrogen-bond acceptors (Lipinski definition) is 6. The van der Waals surface area contributed by atoms with Crippen LogP contribution in [0.2, 0.25) is 0 Å². The van der Waals surface area contributed by atoms with Crippen LogP contribution < -0.4 is 10.6 Å².